The van der Waals surface area contributed by atoms with Crippen LogP contribution in [0.2, 0.25) is 0 Å². The highest BCUT2D eigenvalue weighted by molar-refractivity contribution is 7.80. The number of thiol groups is 1. The highest BCUT2D eigenvalue weighted by Crippen LogP contribution is 2.26. The van der Waals surface area contributed by atoms with E-state index in [4.69, 9.17) is 0 Å². The molecule has 1 aliphatic rings. The van der Waals surface area contributed by atoms with Crippen LogP contribution < -0.4 is 4.90 Å². The molecule has 20 heavy (non-hydrogen) atoms. The van der Waals surface area contributed by atoms with E-state index < -0.39 is 0 Å². The topological polar surface area (TPSA) is 40.6 Å². The van der Waals surface area contributed by atoms with E-state index in [0.717, 1.165) is 17.0 Å². The molecule has 1 fully saturated rings. The van der Waals surface area contributed by atoms with Gasteiger partial charge in [0.05, 0.1) is 6.42 Å². The molecule has 2 rings (SSSR count). The van der Waals surface area contributed by atoms with Crippen molar-refractivity contribution >= 4 is 30.1 Å². The Morgan fingerprint density at radius 1 is 1.45 bits per heavy atom. The molecule has 1 aromatic carbocycles. The number of nitrogens with zero attached hydrogens (tertiary/aromatic N) is 2. The van der Waals surface area contributed by atoms with Crippen LogP contribution in [0.25, 0.3) is 0 Å². The van der Waals surface area contributed by atoms with Gasteiger partial charge in [-0.15, -0.1) is 0 Å². The van der Waals surface area contributed by atoms with Crippen molar-refractivity contribution in [3.05, 3.63) is 29.8 Å². The van der Waals surface area contributed by atoms with Crippen LogP contribution in [0, 0.1) is 5.92 Å². The molecule has 1 atom stereocenters. The molecule has 4 nitrogen and oxygen atoms in total. The smallest absolute Gasteiger partial charge is 0.227 e. The van der Waals surface area contributed by atoms with Gasteiger partial charge in [-0.25, -0.2) is 0 Å². The number of benzene rings is 1. The first-order chi connectivity index (χ1) is 9.51. The summed E-state index contributed by atoms with van der Waals surface area (Å²) in [6.45, 7) is 0.716. The maximum atomic E-state index is 12.0. The maximum absolute atomic E-state index is 12.0. The lowest BCUT2D eigenvalue weighted by atomic mass is 10.1. The van der Waals surface area contributed by atoms with E-state index in [9.17, 15) is 9.59 Å². The number of likely N-dealkylation sites (N-methyl/N-ethyl adjacent to an activating group) is 1. The van der Waals surface area contributed by atoms with Crippen molar-refractivity contribution in [1.82, 2.24) is 4.90 Å². The summed E-state index contributed by atoms with van der Waals surface area (Å²) in [7, 11) is 3.49. The number of amides is 2. The van der Waals surface area contributed by atoms with E-state index in [-0.39, 0.29) is 11.8 Å². The van der Waals surface area contributed by atoms with Crippen LogP contribution in [0.1, 0.15) is 12.0 Å². The molecule has 0 aromatic heterocycles. The molecule has 0 N–H and O–H groups in total. The third-order valence-electron chi connectivity index (χ3n) is 3.54. The predicted molar refractivity (Wildman–Crippen MR) is 83.2 cm³/mol. The second kappa shape index (κ2) is 6.31. The molecule has 1 heterocycles. The van der Waals surface area contributed by atoms with Gasteiger partial charge in [-0.1, -0.05) is 12.1 Å². The van der Waals surface area contributed by atoms with Gasteiger partial charge in [0.2, 0.25) is 11.8 Å². The Labute approximate surface area is 125 Å². The fourth-order valence-corrected chi connectivity index (χ4v) is 2.57. The Morgan fingerprint density at radius 2 is 2.20 bits per heavy atom. The van der Waals surface area contributed by atoms with E-state index in [1.54, 1.807) is 23.9 Å². The molecule has 0 saturated carbocycles. The predicted octanol–water partition coefficient (Wildman–Crippen LogP) is 1.60. The molecule has 0 radical (unpaired) electrons. The van der Waals surface area contributed by atoms with Crippen molar-refractivity contribution in [2.24, 2.45) is 5.92 Å². The summed E-state index contributed by atoms with van der Waals surface area (Å²) >= 11 is 4.27. The van der Waals surface area contributed by atoms with Gasteiger partial charge in [-0.3, -0.25) is 9.59 Å². The van der Waals surface area contributed by atoms with Crippen molar-refractivity contribution in [2.45, 2.75) is 12.8 Å². The molecule has 0 bridgehead atoms. The van der Waals surface area contributed by atoms with Crippen molar-refractivity contribution in [3.63, 3.8) is 0 Å². The molecular weight excluding hydrogens is 272 g/mol. The largest absolute Gasteiger partial charge is 0.349 e. The molecule has 0 spiro atoms. The third kappa shape index (κ3) is 3.33. The molecule has 5 heteroatoms. The lowest BCUT2D eigenvalue weighted by molar-refractivity contribution is -0.128. The summed E-state index contributed by atoms with van der Waals surface area (Å²) in [6, 6.07) is 7.67. The van der Waals surface area contributed by atoms with Gasteiger partial charge in [0, 0.05) is 32.7 Å². The van der Waals surface area contributed by atoms with Crippen LogP contribution in [0.5, 0.6) is 0 Å². The fourth-order valence-electron chi connectivity index (χ4n) is 2.32. The first kappa shape index (κ1) is 14.9. The number of carbonyl (C=O) groups is 2. The van der Waals surface area contributed by atoms with Gasteiger partial charge in [0.25, 0.3) is 0 Å². The number of hydrogen-bond acceptors (Lipinski definition) is 3. The van der Waals surface area contributed by atoms with Crippen molar-refractivity contribution in [1.29, 1.82) is 0 Å². The summed E-state index contributed by atoms with van der Waals surface area (Å²) in [4.78, 5) is 27.1. The van der Waals surface area contributed by atoms with Gasteiger partial charge < -0.3 is 9.80 Å². The molecule has 1 unspecified atom stereocenters. The summed E-state index contributed by atoms with van der Waals surface area (Å²) < 4.78 is 0. The molecule has 0 aliphatic carbocycles. The monoisotopic (exact) mass is 292 g/mol. The second-order valence-electron chi connectivity index (χ2n) is 5.39. The molecule has 1 aliphatic heterocycles. The van der Waals surface area contributed by atoms with E-state index in [1.165, 1.54) is 0 Å². The first-order valence-electron chi connectivity index (χ1n) is 6.71. The Hall–Kier alpha value is -1.49. The van der Waals surface area contributed by atoms with E-state index in [0.29, 0.717) is 25.3 Å². The molecule has 1 saturated heterocycles. The number of carbonyl (C=O) groups excluding carboxylic acids is 2. The van der Waals surface area contributed by atoms with Gasteiger partial charge >= 0.3 is 0 Å². The van der Waals surface area contributed by atoms with Gasteiger partial charge in [0.15, 0.2) is 0 Å². The Kier molecular flexibility index (Phi) is 4.70. The summed E-state index contributed by atoms with van der Waals surface area (Å²) in [5, 5.41) is 0. The minimum atomic E-state index is 0.0585. The average molecular weight is 292 g/mol. The highest BCUT2D eigenvalue weighted by atomic mass is 32.1. The van der Waals surface area contributed by atoms with Crippen LogP contribution in [0.3, 0.4) is 0 Å². The number of hydrogen-bond donors (Lipinski definition) is 1. The zero-order chi connectivity index (χ0) is 14.7. The van der Waals surface area contributed by atoms with Crippen LogP contribution >= 0.6 is 12.6 Å². The number of anilines is 1. The van der Waals surface area contributed by atoms with E-state index in [1.807, 2.05) is 24.3 Å². The molecule has 2 amide bonds. The lowest BCUT2D eigenvalue weighted by Crippen LogP contribution is -2.25. The Morgan fingerprint density at radius 3 is 2.80 bits per heavy atom. The maximum Gasteiger partial charge on any atom is 0.227 e. The normalized spacial score (nSPS) is 18.4. The third-order valence-corrected chi connectivity index (χ3v) is 4.06. The quantitative estimate of drug-likeness (QED) is 0.856. The van der Waals surface area contributed by atoms with Crippen molar-refractivity contribution < 1.29 is 9.59 Å². The molecular formula is C15H20N2O2S. The van der Waals surface area contributed by atoms with Crippen LogP contribution in [0.4, 0.5) is 5.69 Å². The summed E-state index contributed by atoms with van der Waals surface area (Å²) in [5.41, 5.74) is 1.81. The van der Waals surface area contributed by atoms with Crippen LogP contribution in [-0.2, 0) is 16.0 Å². The van der Waals surface area contributed by atoms with Gasteiger partial charge in [0.1, 0.15) is 0 Å². The van der Waals surface area contributed by atoms with E-state index >= 15 is 0 Å². The van der Waals surface area contributed by atoms with Gasteiger partial charge in [-0.05, 0) is 29.4 Å². The second-order valence-corrected chi connectivity index (χ2v) is 5.76. The number of rotatable bonds is 4. The van der Waals surface area contributed by atoms with Crippen LogP contribution in [-0.4, -0.2) is 43.1 Å². The minimum absolute atomic E-state index is 0.0585. The fraction of sp³-hybridized carbons (Fsp3) is 0.467. The molecule has 108 valence electrons. The summed E-state index contributed by atoms with van der Waals surface area (Å²) in [6.07, 6.45) is 0.920. The zero-order valence-electron chi connectivity index (χ0n) is 11.9. The summed E-state index contributed by atoms with van der Waals surface area (Å²) in [5.74, 6) is 1.24. The molecule has 1 aromatic rings. The SMILES string of the molecule is CN(C)C(=O)Cc1cccc(N2CC(CS)CC2=O)c1. The Bertz CT molecular complexity index is 516. The highest BCUT2D eigenvalue weighted by Gasteiger charge is 2.29. The van der Waals surface area contributed by atoms with Gasteiger partial charge in [-0.2, -0.15) is 12.6 Å². The first-order valence-corrected chi connectivity index (χ1v) is 7.35. The van der Waals surface area contributed by atoms with Crippen molar-refractivity contribution in [3.8, 4) is 0 Å². The average Bonchev–Trinajstić information content (AvgIpc) is 2.80. The standard InChI is InChI=1S/C15H20N2O2S/c1-16(2)14(18)7-11-4-3-5-13(6-11)17-9-12(10-20)8-15(17)19/h3-6,12,20H,7-10H2,1-2H3. The minimum Gasteiger partial charge on any atom is -0.349 e. The van der Waals surface area contributed by atoms with Crippen LogP contribution in [0.15, 0.2) is 24.3 Å². The van der Waals surface area contributed by atoms with E-state index in [2.05, 4.69) is 12.6 Å². The zero-order valence-corrected chi connectivity index (χ0v) is 12.8. The Balaban J connectivity index is 2.14. The van der Waals surface area contributed by atoms with Crippen molar-refractivity contribution in [2.75, 3.05) is 31.3 Å². The lowest BCUT2D eigenvalue weighted by Gasteiger charge is -2.18.